The van der Waals surface area contributed by atoms with Crippen LogP contribution in [-0.2, 0) is 10.0 Å². The smallest absolute Gasteiger partial charge is 0.270 e. The molecule has 0 atom stereocenters. The van der Waals surface area contributed by atoms with Crippen molar-refractivity contribution in [1.82, 2.24) is 4.31 Å². The molecule has 1 amide bonds. The molecular weight excluding hydrogens is 396 g/mol. The highest BCUT2D eigenvalue weighted by molar-refractivity contribution is 7.89. The predicted octanol–water partition coefficient (Wildman–Crippen LogP) is 2.70. The van der Waals surface area contributed by atoms with Crippen LogP contribution in [0.3, 0.4) is 0 Å². The van der Waals surface area contributed by atoms with Gasteiger partial charge in [-0.1, -0.05) is 6.07 Å². The number of nitrogens with one attached hydrogen (secondary N) is 1. The molecule has 1 aliphatic rings. The maximum Gasteiger partial charge on any atom is 0.270 e. The molecule has 0 unspecified atom stereocenters. The minimum absolute atomic E-state index is 0.0408. The average Bonchev–Trinajstić information content (AvgIpc) is 3.22. The Bertz CT molecular complexity index is 1050. The molecule has 0 bridgehead atoms. The molecule has 1 heterocycles. The molecule has 0 aliphatic carbocycles. The summed E-state index contributed by atoms with van der Waals surface area (Å²) in [6.45, 7) is 1.54. The lowest BCUT2D eigenvalue weighted by atomic mass is 10.1. The average molecular weight is 418 g/mol. The molecule has 2 aromatic carbocycles. The highest BCUT2D eigenvalue weighted by atomic mass is 32.2. The maximum atomic E-state index is 12.9. The minimum Gasteiger partial charge on any atom is -0.371 e. The van der Waals surface area contributed by atoms with Gasteiger partial charge in [-0.2, -0.15) is 0 Å². The van der Waals surface area contributed by atoms with Gasteiger partial charge in [-0.3, -0.25) is 14.9 Å². The maximum absolute atomic E-state index is 12.9. The third kappa shape index (κ3) is 4.38. The van der Waals surface area contributed by atoms with Gasteiger partial charge in [0.2, 0.25) is 10.0 Å². The largest absolute Gasteiger partial charge is 0.371 e. The number of anilines is 2. The summed E-state index contributed by atoms with van der Waals surface area (Å²) in [6, 6.07) is 10.1. The number of benzene rings is 2. The lowest BCUT2D eigenvalue weighted by Gasteiger charge is -2.21. The molecule has 0 spiro atoms. The lowest BCUT2D eigenvalue weighted by molar-refractivity contribution is -0.384. The summed E-state index contributed by atoms with van der Waals surface area (Å²) in [6.07, 6.45) is 1.98. The third-order valence-electron chi connectivity index (χ3n) is 4.75. The van der Waals surface area contributed by atoms with Gasteiger partial charge in [0, 0.05) is 45.0 Å². The number of nitro benzene ring substituents is 1. The van der Waals surface area contributed by atoms with Crippen molar-refractivity contribution in [1.29, 1.82) is 0 Å². The first-order chi connectivity index (χ1) is 13.7. The van der Waals surface area contributed by atoms with Crippen LogP contribution in [0.25, 0.3) is 0 Å². The summed E-state index contributed by atoms with van der Waals surface area (Å²) in [5, 5.41) is 13.8. The van der Waals surface area contributed by atoms with Crippen molar-refractivity contribution in [2.45, 2.75) is 17.7 Å². The molecule has 0 aromatic heterocycles. The fourth-order valence-corrected chi connectivity index (χ4v) is 4.14. The zero-order chi connectivity index (χ0) is 21.2. The zero-order valence-electron chi connectivity index (χ0n) is 16.2. The fourth-order valence-electron chi connectivity index (χ4n) is 3.20. The Morgan fingerprint density at radius 3 is 2.45 bits per heavy atom. The second-order valence-electron chi connectivity index (χ2n) is 6.92. The molecule has 1 fully saturated rings. The van der Waals surface area contributed by atoms with Gasteiger partial charge in [0.15, 0.2) is 0 Å². The standard InChI is InChI=1S/C19H22N4O5S/c1-21(2)29(27,28)16-7-5-6-14(12-16)20-19(24)17-13-15(23(25)26)8-9-18(17)22-10-3-4-11-22/h5-9,12-13H,3-4,10-11H2,1-2H3,(H,20,24). The zero-order valence-corrected chi connectivity index (χ0v) is 17.0. The molecule has 1 saturated heterocycles. The van der Waals surface area contributed by atoms with Crippen molar-refractivity contribution in [3.63, 3.8) is 0 Å². The van der Waals surface area contributed by atoms with Crippen molar-refractivity contribution >= 4 is 33.0 Å². The summed E-state index contributed by atoms with van der Waals surface area (Å²) in [5.41, 5.74) is 0.920. The molecule has 3 rings (SSSR count). The number of nitrogens with zero attached hydrogens (tertiary/aromatic N) is 3. The number of non-ortho nitro benzene ring substituents is 1. The molecule has 2 aromatic rings. The number of amides is 1. The van der Waals surface area contributed by atoms with E-state index in [4.69, 9.17) is 0 Å². The summed E-state index contributed by atoms with van der Waals surface area (Å²) in [4.78, 5) is 25.6. The van der Waals surface area contributed by atoms with Crippen LogP contribution in [0, 0.1) is 10.1 Å². The number of sulfonamides is 1. The number of carbonyl (C=O) groups excluding carboxylic acids is 1. The van der Waals surface area contributed by atoms with E-state index in [-0.39, 0.29) is 21.8 Å². The van der Waals surface area contributed by atoms with Gasteiger partial charge in [-0.25, -0.2) is 12.7 Å². The second kappa shape index (κ2) is 8.18. The van der Waals surface area contributed by atoms with Gasteiger partial charge in [0.05, 0.1) is 21.1 Å². The van der Waals surface area contributed by atoms with E-state index in [2.05, 4.69) is 5.32 Å². The highest BCUT2D eigenvalue weighted by Gasteiger charge is 2.23. The Morgan fingerprint density at radius 1 is 1.14 bits per heavy atom. The van der Waals surface area contributed by atoms with Crippen molar-refractivity contribution in [2.75, 3.05) is 37.4 Å². The van der Waals surface area contributed by atoms with E-state index in [0.29, 0.717) is 5.69 Å². The van der Waals surface area contributed by atoms with Crippen molar-refractivity contribution in [3.8, 4) is 0 Å². The van der Waals surface area contributed by atoms with E-state index >= 15 is 0 Å². The number of rotatable bonds is 6. The Balaban J connectivity index is 1.94. The van der Waals surface area contributed by atoms with Crippen LogP contribution in [0.15, 0.2) is 47.4 Å². The van der Waals surface area contributed by atoms with Crippen LogP contribution in [0.4, 0.5) is 17.1 Å². The van der Waals surface area contributed by atoms with Crippen LogP contribution in [0.5, 0.6) is 0 Å². The summed E-state index contributed by atoms with van der Waals surface area (Å²) in [7, 11) is -0.809. The summed E-state index contributed by atoms with van der Waals surface area (Å²) in [5.74, 6) is -0.532. The molecule has 0 saturated carbocycles. The van der Waals surface area contributed by atoms with Crippen molar-refractivity contribution < 1.29 is 18.1 Å². The van der Waals surface area contributed by atoms with Crippen LogP contribution in [0.2, 0.25) is 0 Å². The van der Waals surface area contributed by atoms with Gasteiger partial charge in [-0.15, -0.1) is 0 Å². The van der Waals surface area contributed by atoms with E-state index in [1.165, 1.54) is 44.4 Å². The number of carbonyl (C=O) groups is 1. The third-order valence-corrected chi connectivity index (χ3v) is 6.56. The molecular formula is C19H22N4O5S. The first kappa shape index (κ1) is 20.7. The highest BCUT2D eigenvalue weighted by Crippen LogP contribution is 2.29. The summed E-state index contributed by atoms with van der Waals surface area (Å²) < 4.78 is 25.7. The number of hydrogen-bond donors (Lipinski definition) is 1. The molecule has 29 heavy (non-hydrogen) atoms. The Hall–Kier alpha value is -2.98. The van der Waals surface area contributed by atoms with Gasteiger partial charge < -0.3 is 10.2 Å². The van der Waals surface area contributed by atoms with E-state index in [9.17, 15) is 23.3 Å². The number of hydrogen-bond acceptors (Lipinski definition) is 6. The van der Waals surface area contributed by atoms with Gasteiger partial charge in [0.25, 0.3) is 11.6 Å². The van der Waals surface area contributed by atoms with Crippen LogP contribution < -0.4 is 10.2 Å². The SMILES string of the molecule is CN(C)S(=O)(=O)c1cccc(NC(=O)c2cc([N+](=O)[O-])ccc2N2CCCC2)c1. The van der Waals surface area contributed by atoms with Gasteiger partial charge >= 0.3 is 0 Å². The summed E-state index contributed by atoms with van der Waals surface area (Å²) >= 11 is 0. The first-order valence-electron chi connectivity index (χ1n) is 9.07. The molecule has 10 heteroatoms. The normalized spacial score (nSPS) is 14.2. The van der Waals surface area contributed by atoms with Crippen molar-refractivity contribution in [2.24, 2.45) is 0 Å². The van der Waals surface area contributed by atoms with E-state index < -0.39 is 20.9 Å². The van der Waals surface area contributed by atoms with Gasteiger partial charge in [0.1, 0.15) is 0 Å². The van der Waals surface area contributed by atoms with Gasteiger partial charge in [-0.05, 0) is 37.1 Å². The van der Waals surface area contributed by atoms with Crippen LogP contribution in [-0.4, -0.2) is 50.7 Å². The van der Waals surface area contributed by atoms with Crippen LogP contribution >= 0.6 is 0 Å². The Labute approximate surface area is 169 Å². The lowest BCUT2D eigenvalue weighted by Crippen LogP contribution is -2.24. The molecule has 1 N–H and O–H groups in total. The Morgan fingerprint density at radius 2 is 1.83 bits per heavy atom. The predicted molar refractivity (Wildman–Crippen MR) is 110 cm³/mol. The van der Waals surface area contributed by atoms with E-state index in [1.54, 1.807) is 12.1 Å². The topological polar surface area (TPSA) is 113 Å². The second-order valence-corrected chi connectivity index (χ2v) is 9.07. The van der Waals surface area contributed by atoms with Crippen molar-refractivity contribution in [3.05, 3.63) is 58.1 Å². The molecule has 0 radical (unpaired) electrons. The molecule has 154 valence electrons. The molecule has 9 nitrogen and oxygen atoms in total. The number of nitro groups is 1. The Kier molecular flexibility index (Phi) is 5.85. The van der Waals surface area contributed by atoms with E-state index in [1.807, 2.05) is 4.90 Å². The fraction of sp³-hybridized carbons (Fsp3) is 0.316. The molecule has 1 aliphatic heterocycles. The van der Waals surface area contributed by atoms with Crippen LogP contribution in [0.1, 0.15) is 23.2 Å². The quantitative estimate of drug-likeness (QED) is 0.570. The van der Waals surface area contributed by atoms with E-state index in [0.717, 1.165) is 30.2 Å². The monoisotopic (exact) mass is 418 g/mol. The minimum atomic E-state index is -3.65. The first-order valence-corrected chi connectivity index (χ1v) is 10.5.